The Bertz CT molecular complexity index is 1220. The van der Waals surface area contributed by atoms with E-state index in [1.807, 2.05) is 0 Å². The van der Waals surface area contributed by atoms with E-state index in [1.165, 1.54) is 41.8 Å². The largest absolute Gasteiger partial charge is 0.477 e. The average molecular weight is 595 g/mol. The van der Waals surface area contributed by atoms with Crippen LogP contribution in [0.25, 0.3) is 0 Å². The number of alkyl halides is 3. The normalized spacial score (nSPS) is 25.4. The van der Waals surface area contributed by atoms with Gasteiger partial charge in [-0.1, -0.05) is 25.1 Å². The molecule has 0 saturated carbocycles. The first kappa shape index (κ1) is 31.4. The van der Waals surface area contributed by atoms with Crippen LogP contribution in [0, 0.1) is 5.92 Å². The molecule has 15 heteroatoms. The van der Waals surface area contributed by atoms with E-state index in [-0.39, 0.29) is 42.6 Å². The first-order valence-corrected chi connectivity index (χ1v) is 14.7. The molecule has 10 nitrogen and oxygen atoms in total. The van der Waals surface area contributed by atoms with Gasteiger partial charge in [0.1, 0.15) is 5.70 Å². The summed E-state index contributed by atoms with van der Waals surface area (Å²) in [4.78, 5) is 28.0. The Hall–Kier alpha value is -2.17. The Morgan fingerprint density at radius 1 is 1.28 bits per heavy atom. The number of benzene rings is 1. The van der Waals surface area contributed by atoms with Gasteiger partial charge in [0.25, 0.3) is 10.2 Å². The van der Waals surface area contributed by atoms with Crippen LogP contribution in [0.2, 0.25) is 0 Å². The summed E-state index contributed by atoms with van der Waals surface area (Å²) in [5.74, 6) is -2.19. The van der Waals surface area contributed by atoms with Crippen LogP contribution in [0.5, 0.6) is 0 Å². The zero-order chi connectivity index (χ0) is 29.3. The molecule has 5 atom stereocenters. The minimum Gasteiger partial charge on any atom is -0.477 e. The van der Waals surface area contributed by atoms with Crippen molar-refractivity contribution >= 4 is 33.8 Å². The number of halogens is 3. The van der Waals surface area contributed by atoms with Crippen molar-refractivity contribution in [3.05, 3.63) is 46.0 Å². The van der Waals surface area contributed by atoms with Crippen LogP contribution < -0.4 is 9.86 Å². The van der Waals surface area contributed by atoms with Gasteiger partial charge < -0.3 is 15.1 Å². The Labute approximate surface area is 229 Å². The number of aliphatic hydroxyl groups excluding tert-OH is 1. The number of carbonyl (C=O) groups excluding carboxylic acids is 1. The molecule has 3 rings (SSSR count). The molecule has 5 N–H and O–H groups in total. The first-order chi connectivity index (χ1) is 18.0. The standard InChI is InChI=1S/C24H33F3N4O6S2/c1-13(32)8-20-14(2)22(21(23(34)35)31(20)15(3)33)38-18-9-17(10-29-39(28,36)37)30(12-18)11-16-6-4-5-7-19(16)24(25,26)27/h4-7,13-14,17-18,20,29,32H,8-12H2,1-3H3,(H,34,35)(H2,28,36,37)/t13-,14-,17+,18+,20+/m1/s1. The second-order valence-electron chi connectivity index (χ2n) is 9.95. The highest BCUT2D eigenvalue weighted by Crippen LogP contribution is 2.46. The van der Waals surface area contributed by atoms with E-state index in [0.717, 1.165) is 6.07 Å². The number of hydrogen-bond donors (Lipinski definition) is 4. The van der Waals surface area contributed by atoms with E-state index < -0.39 is 57.9 Å². The van der Waals surface area contributed by atoms with E-state index in [1.54, 1.807) is 18.7 Å². The molecule has 0 aliphatic carbocycles. The van der Waals surface area contributed by atoms with Crippen LogP contribution >= 0.6 is 11.8 Å². The Morgan fingerprint density at radius 3 is 2.46 bits per heavy atom. The van der Waals surface area contributed by atoms with Gasteiger partial charge in [-0.05, 0) is 31.4 Å². The Balaban J connectivity index is 1.92. The van der Waals surface area contributed by atoms with Crippen LogP contribution in [0.15, 0.2) is 34.9 Å². The number of likely N-dealkylation sites (tertiary alicyclic amines) is 1. The molecule has 0 radical (unpaired) electrons. The highest BCUT2D eigenvalue weighted by atomic mass is 32.2. The summed E-state index contributed by atoms with van der Waals surface area (Å²) in [5.41, 5.74) is -0.945. The second-order valence-corrected chi connectivity index (χ2v) is 12.7. The number of rotatable bonds is 10. The van der Waals surface area contributed by atoms with Gasteiger partial charge in [-0.25, -0.2) is 14.7 Å². The number of nitrogens with two attached hydrogens (primary N) is 1. The van der Waals surface area contributed by atoms with Crippen molar-refractivity contribution in [3.8, 4) is 0 Å². The Morgan fingerprint density at radius 2 is 1.92 bits per heavy atom. The molecule has 1 fully saturated rings. The van der Waals surface area contributed by atoms with E-state index in [9.17, 15) is 41.4 Å². The number of carbonyl (C=O) groups is 2. The molecule has 39 heavy (non-hydrogen) atoms. The minimum atomic E-state index is -4.58. The summed E-state index contributed by atoms with van der Waals surface area (Å²) in [6.07, 6.45) is -4.88. The molecule has 0 spiro atoms. The predicted molar refractivity (Wildman–Crippen MR) is 139 cm³/mol. The quantitative estimate of drug-likeness (QED) is 0.321. The van der Waals surface area contributed by atoms with E-state index in [2.05, 4.69) is 4.72 Å². The molecule has 1 aromatic rings. The SMILES string of the molecule is CC(=O)N1C(C(=O)O)=C(S[C@H]2C[C@@H](CNS(N)(=O)=O)N(Cc3ccccc3C(F)(F)F)C2)[C@H](C)[C@@H]1C[C@@H](C)O. The number of nitrogens with zero attached hydrogens (tertiary/aromatic N) is 2. The average Bonchev–Trinajstić information content (AvgIpc) is 3.30. The van der Waals surface area contributed by atoms with Crippen LogP contribution in [-0.2, 0) is 32.5 Å². The van der Waals surface area contributed by atoms with Gasteiger partial charge in [-0.2, -0.15) is 21.6 Å². The maximum Gasteiger partial charge on any atom is 0.416 e. The molecule has 2 aliphatic heterocycles. The maximum atomic E-state index is 13.6. The molecular formula is C24H33F3N4O6S2. The first-order valence-electron chi connectivity index (χ1n) is 12.3. The second kappa shape index (κ2) is 12.1. The lowest BCUT2D eigenvalue weighted by atomic mass is 9.98. The van der Waals surface area contributed by atoms with Crippen LogP contribution in [0.1, 0.15) is 44.7 Å². The van der Waals surface area contributed by atoms with Crippen molar-refractivity contribution in [2.24, 2.45) is 11.1 Å². The van der Waals surface area contributed by atoms with Crippen molar-refractivity contribution in [2.75, 3.05) is 13.1 Å². The number of nitrogens with one attached hydrogen (secondary N) is 1. The van der Waals surface area contributed by atoms with Crippen molar-refractivity contribution in [1.29, 1.82) is 0 Å². The number of thioether (sulfide) groups is 1. The molecule has 1 amide bonds. The summed E-state index contributed by atoms with van der Waals surface area (Å²) in [6.45, 7) is 4.55. The van der Waals surface area contributed by atoms with Gasteiger partial charge in [0.15, 0.2) is 0 Å². The smallest absolute Gasteiger partial charge is 0.416 e. The Kier molecular flexibility index (Phi) is 9.76. The number of carboxylic acid groups (broad SMARTS) is 1. The maximum absolute atomic E-state index is 13.6. The third-order valence-electron chi connectivity index (χ3n) is 6.92. The summed E-state index contributed by atoms with van der Waals surface area (Å²) >= 11 is 1.22. The van der Waals surface area contributed by atoms with Crippen molar-refractivity contribution in [2.45, 2.75) is 69.8 Å². The monoisotopic (exact) mass is 594 g/mol. The number of hydrogen-bond acceptors (Lipinski definition) is 7. The highest BCUT2D eigenvalue weighted by Gasteiger charge is 2.46. The predicted octanol–water partition coefficient (Wildman–Crippen LogP) is 2.11. The molecular weight excluding hydrogens is 561 g/mol. The number of aliphatic carboxylic acids is 1. The fourth-order valence-corrected chi connectivity index (χ4v) is 7.33. The summed E-state index contributed by atoms with van der Waals surface area (Å²) in [5, 5.41) is 24.7. The van der Waals surface area contributed by atoms with Crippen molar-refractivity contribution < 1.29 is 41.4 Å². The molecule has 1 aromatic carbocycles. The topological polar surface area (TPSA) is 153 Å². The molecule has 218 valence electrons. The van der Waals surface area contributed by atoms with E-state index >= 15 is 0 Å². The van der Waals surface area contributed by atoms with Crippen LogP contribution in [0.3, 0.4) is 0 Å². The molecule has 0 bridgehead atoms. The zero-order valence-electron chi connectivity index (χ0n) is 21.7. The van der Waals surface area contributed by atoms with E-state index in [4.69, 9.17) is 5.14 Å². The van der Waals surface area contributed by atoms with Crippen molar-refractivity contribution in [3.63, 3.8) is 0 Å². The molecule has 0 aromatic heterocycles. The zero-order valence-corrected chi connectivity index (χ0v) is 23.3. The molecule has 1 saturated heterocycles. The van der Waals surface area contributed by atoms with Gasteiger partial charge in [-0.3, -0.25) is 9.69 Å². The van der Waals surface area contributed by atoms with Crippen LogP contribution in [0.4, 0.5) is 13.2 Å². The van der Waals surface area contributed by atoms with E-state index in [0.29, 0.717) is 11.3 Å². The number of carboxylic acids is 1. The summed E-state index contributed by atoms with van der Waals surface area (Å²) < 4.78 is 66.2. The van der Waals surface area contributed by atoms with Gasteiger partial charge in [0.05, 0.1) is 11.7 Å². The fourth-order valence-electron chi connectivity index (χ4n) is 5.29. The summed E-state index contributed by atoms with van der Waals surface area (Å²) in [6, 6.07) is 4.03. The highest BCUT2D eigenvalue weighted by molar-refractivity contribution is 8.03. The molecule has 2 heterocycles. The van der Waals surface area contributed by atoms with Gasteiger partial charge in [0, 0.05) is 54.7 Å². The lowest BCUT2D eigenvalue weighted by Crippen LogP contribution is -2.42. The van der Waals surface area contributed by atoms with Gasteiger partial charge in [0.2, 0.25) is 5.91 Å². The summed E-state index contributed by atoms with van der Waals surface area (Å²) in [7, 11) is -4.06. The fraction of sp³-hybridized carbons (Fsp3) is 0.583. The lowest BCUT2D eigenvalue weighted by Gasteiger charge is -2.28. The minimum absolute atomic E-state index is 0.0238. The third kappa shape index (κ3) is 7.73. The molecule has 2 aliphatic rings. The number of aliphatic hydroxyl groups is 1. The number of amides is 1. The third-order valence-corrected chi connectivity index (χ3v) is 8.98. The molecule has 0 unspecified atom stereocenters. The van der Waals surface area contributed by atoms with Crippen LogP contribution in [-0.4, -0.2) is 76.8 Å². The lowest BCUT2D eigenvalue weighted by molar-refractivity contribution is -0.140. The van der Waals surface area contributed by atoms with Crippen molar-refractivity contribution in [1.82, 2.24) is 14.5 Å². The van der Waals surface area contributed by atoms with Gasteiger partial charge >= 0.3 is 12.1 Å². The van der Waals surface area contributed by atoms with Gasteiger partial charge in [-0.15, -0.1) is 11.8 Å².